The van der Waals surface area contributed by atoms with Gasteiger partial charge in [0.25, 0.3) is 5.91 Å². The first-order valence-corrected chi connectivity index (χ1v) is 12.2. The predicted octanol–water partition coefficient (Wildman–Crippen LogP) is 4.66. The van der Waals surface area contributed by atoms with E-state index < -0.39 is 5.91 Å². The maximum Gasteiger partial charge on any atom is 0.251 e. The normalized spacial score (nSPS) is 10.9. The maximum atomic E-state index is 14.2. The summed E-state index contributed by atoms with van der Waals surface area (Å²) in [4.78, 5) is 30.2. The van der Waals surface area contributed by atoms with Crippen LogP contribution in [0, 0.1) is 5.82 Å². The Morgan fingerprint density at radius 3 is 2.72 bits per heavy atom. The molecular weight excluding hydrogens is 483 g/mol. The smallest absolute Gasteiger partial charge is 0.251 e. The van der Waals surface area contributed by atoms with Crippen molar-refractivity contribution >= 4 is 33.1 Å². The number of aliphatic hydroxyl groups is 1. The molecule has 0 saturated heterocycles. The lowest BCUT2D eigenvalue weighted by Crippen LogP contribution is -2.30. The third-order valence-corrected chi connectivity index (χ3v) is 6.64. The number of thiophene rings is 1. The second-order valence-corrected chi connectivity index (χ2v) is 8.75. The lowest BCUT2D eigenvalue weighted by Gasteiger charge is -2.12. The first kappa shape index (κ1) is 25.3. The molecule has 2 aromatic carbocycles. The Hall–Kier alpha value is -3.82. The molecule has 2 N–H and O–H groups in total. The Morgan fingerprint density at radius 1 is 1.14 bits per heavy atom. The number of ketones is 1. The van der Waals surface area contributed by atoms with E-state index in [1.165, 1.54) is 30.6 Å². The molecule has 0 aliphatic heterocycles. The number of methoxy groups -OCH3 is 1. The first-order valence-electron chi connectivity index (χ1n) is 11.4. The first-order chi connectivity index (χ1) is 17.5. The van der Waals surface area contributed by atoms with Crippen LogP contribution in [0.3, 0.4) is 0 Å². The number of amides is 1. The second-order valence-electron chi connectivity index (χ2n) is 7.87. The minimum Gasteiger partial charge on any atom is -0.493 e. The number of nitrogens with zero attached hydrogens (tertiary/aromatic N) is 1. The molecule has 7 nitrogen and oxygen atoms in total. The molecule has 0 atom stereocenters. The van der Waals surface area contributed by atoms with Gasteiger partial charge in [-0.2, -0.15) is 0 Å². The van der Waals surface area contributed by atoms with Gasteiger partial charge in [0.2, 0.25) is 0 Å². The molecule has 0 radical (unpaired) electrons. The standard InChI is InChI=1S/C27H25FN2O5S/c1-3-16-7-9-21(30-25(16)19-15-36-26-18(19)5-4-6-20(26)28)22(32)14-29-27(33)17-8-10-23(35-12-11-31)24(13-17)34-2/h4-10,13,15,31H,3,11-12,14H2,1-2H3,(H,29,33). The molecular formula is C27H25FN2O5S. The number of hydrogen-bond acceptors (Lipinski definition) is 7. The minimum absolute atomic E-state index is 0.0956. The third-order valence-electron chi connectivity index (χ3n) is 5.64. The number of ether oxygens (including phenoxy) is 2. The zero-order valence-corrected chi connectivity index (χ0v) is 20.7. The zero-order valence-electron chi connectivity index (χ0n) is 19.8. The van der Waals surface area contributed by atoms with Crippen molar-refractivity contribution in [1.29, 1.82) is 0 Å². The van der Waals surface area contributed by atoms with Gasteiger partial charge in [0.05, 0.1) is 30.7 Å². The number of hydrogen-bond donors (Lipinski definition) is 2. The highest BCUT2D eigenvalue weighted by Crippen LogP contribution is 2.36. The van der Waals surface area contributed by atoms with E-state index in [1.807, 2.05) is 24.4 Å². The van der Waals surface area contributed by atoms with E-state index in [1.54, 1.807) is 24.3 Å². The Kier molecular flexibility index (Phi) is 7.92. The number of carbonyl (C=O) groups excluding carboxylic acids is 2. The van der Waals surface area contributed by atoms with Crippen LogP contribution < -0.4 is 14.8 Å². The molecule has 4 aromatic rings. The fraction of sp³-hybridized carbons (Fsp3) is 0.222. The van der Waals surface area contributed by atoms with Crippen LogP contribution in [0.1, 0.15) is 33.3 Å². The van der Waals surface area contributed by atoms with Crippen molar-refractivity contribution in [3.05, 3.63) is 76.5 Å². The summed E-state index contributed by atoms with van der Waals surface area (Å²) in [5, 5.41) is 14.1. The number of halogens is 1. The molecule has 1 amide bonds. The summed E-state index contributed by atoms with van der Waals surface area (Å²) >= 11 is 1.30. The quantitative estimate of drug-likeness (QED) is 0.303. The average molecular weight is 509 g/mol. The van der Waals surface area contributed by atoms with Crippen LogP contribution in [0.2, 0.25) is 0 Å². The molecule has 2 aromatic heterocycles. The van der Waals surface area contributed by atoms with E-state index in [9.17, 15) is 14.0 Å². The van der Waals surface area contributed by atoms with Crippen molar-refractivity contribution in [1.82, 2.24) is 10.3 Å². The van der Waals surface area contributed by atoms with Gasteiger partial charge in [0.15, 0.2) is 17.3 Å². The van der Waals surface area contributed by atoms with Gasteiger partial charge in [0.1, 0.15) is 18.1 Å². The van der Waals surface area contributed by atoms with Crippen LogP contribution >= 0.6 is 11.3 Å². The number of rotatable bonds is 10. The summed E-state index contributed by atoms with van der Waals surface area (Å²) in [5.41, 5.74) is 2.85. The summed E-state index contributed by atoms with van der Waals surface area (Å²) in [6, 6.07) is 13.0. The number of aliphatic hydroxyl groups excluding tert-OH is 1. The fourth-order valence-corrected chi connectivity index (χ4v) is 4.76. The highest BCUT2D eigenvalue weighted by Gasteiger charge is 2.18. The number of pyridine rings is 1. The van der Waals surface area contributed by atoms with E-state index in [-0.39, 0.29) is 42.6 Å². The second kappa shape index (κ2) is 11.3. The molecule has 0 fully saturated rings. The van der Waals surface area contributed by atoms with Crippen molar-refractivity contribution in [3.8, 4) is 22.8 Å². The average Bonchev–Trinajstić information content (AvgIpc) is 3.35. The van der Waals surface area contributed by atoms with Crippen molar-refractivity contribution in [2.24, 2.45) is 0 Å². The highest BCUT2D eigenvalue weighted by atomic mass is 32.1. The van der Waals surface area contributed by atoms with Crippen molar-refractivity contribution in [2.45, 2.75) is 13.3 Å². The topological polar surface area (TPSA) is 97.8 Å². The predicted molar refractivity (Wildman–Crippen MR) is 137 cm³/mol. The number of Topliss-reactive ketones (excluding diaryl/α,β-unsaturated/α-hetero) is 1. The van der Waals surface area contributed by atoms with E-state index in [2.05, 4.69) is 10.3 Å². The van der Waals surface area contributed by atoms with Crippen LogP contribution in [-0.4, -0.2) is 48.6 Å². The minimum atomic E-state index is -0.458. The van der Waals surface area contributed by atoms with Crippen LogP contribution in [0.25, 0.3) is 21.3 Å². The fourth-order valence-electron chi connectivity index (χ4n) is 3.80. The molecule has 0 unspecified atom stereocenters. The van der Waals surface area contributed by atoms with Crippen LogP contribution in [0.15, 0.2) is 53.9 Å². The van der Waals surface area contributed by atoms with Gasteiger partial charge in [0, 0.05) is 21.9 Å². The van der Waals surface area contributed by atoms with Gasteiger partial charge < -0.3 is 19.9 Å². The van der Waals surface area contributed by atoms with E-state index in [0.717, 1.165) is 16.5 Å². The molecule has 9 heteroatoms. The van der Waals surface area contributed by atoms with Crippen LogP contribution in [-0.2, 0) is 6.42 Å². The molecule has 0 aliphatic rings. The molecule has 4 rings (SSSR count). The summed E-state index contributed by atoms with van der Waals surface area (Å²) in [6.45, 7) is 1.69. The van der Waals surface area contributed by atoms with Gasteiger partial charge in [-0.3, -0.25) is 9.59 Å². The van der Waals surface area contributed by atoms with Gasteiger partial charge in [-0.25, -0.2) is 9.37 Å². The number of carbonyl (C=O) groups is 2. The third kappa shape index (κ3) is 5.22. The highest BCUT2D eigenvalue weighted by molar-refractivity contribution is 7.17. The summed E-state index contributed by atoms with van der Waals surface area (Å²) in [5.74, 6) is -0.370. The van der Waals surface area contributed by atoms with E-state index in [4.69, 9.17) is 14.6 Å². The Bertz CT molecular complexity index is 1420. The van der Waals surface area contributed by atoms with E-state index >= 15 is 0 Å². The molecule has 0 aliphatic carbocycles. The molecule has 36 heavy (non-hydrogen) atoms. The number of nitrogens with one attached hydrogen (secondary N) is 1. The zero-order chi connectivity index (χ0) is 25.7. The van der Waals surface area contributed by atoms with Gasteiger partial charge in [-0.15, -0.1) is 11.3 Å². The van der Waals surface area contributed by atoms with Gasteiger partial charge in [-0.05, 0) is 42.3 Å². The Labute approximate surface area is 211 Å². The number of aryl methyl sites for hydroxylation is 1. The van der Waals surface area contributed by atoms with Crippen LogP contribution in [0.4, 0.5) is 4.39 Å². The summed E-state index contributed by atoms with van der Waals surface area (Å²) < 4.78 is 25.4. The maximum absolute atomic E-state index is 14.2. The molecule has 186 valence electrons. The SMILES string of the molecule is CCc1ccc(C(=O)CNC(=O)c2ccc(OCCO)c(OC)c2)nc1-c1csc2c(F)cccc12. The largest absolute Gasteiger partial charge is 0.493 e. The van der Waals surface area contributed by atoms with Crippen LogP contribution in [0.5, 0.6) is 11.5 Å². The number of benzene rings is 2. The lowest BCUT2D eigenvalue weighted by atomic mass is 10.0. The van der Waals surface area contributed by atoms with Crippen molar-refractivity contribution in [2.75, 3.05) is 26.9 Å². The monoisotopic (exact) mass is 508 g/mol. The lowest BCUT2D eigenvalue weighted by molar-refractivity contribution is 0.0902. The summed E-state index contributed by atoms with van der Waals surface area (Å²) in [6.07, 6.45) is 0.694. The number of aromatic nitrogens is 1. The Morgan fingerprint density at radius 2 is 1.97 bits per heavy atom. The van der Waals surface area contributed by atoms with E-state index in [0.29, 0.717) is 28.3 Å². The van der Waals surface area contributed by atoms with Crippen molar-refractivity contribution in [3.63, 3.8) is 0 Å². The molecule has 0 bridgehead atoms. The Balaban J connectivity index is 1.52. The van der Waals surface area contributed by atoms with Gasteiger partial charge >= 0.3 is 0 Å². The molecule has 0 saturated carbocycles. The van der Waals surface area contributed by atoms with Gasteiger partial charge in [-0.1, -0.05) is 25.1 Å². The molecule has 0 spiro atoms. The summed E-state index contributed by atoms with van der Waals surface area (Å²) in [7, 11) is 1.45. The molecule has 2 heterocycles. The number of fused-ring (bicyclic) bond motifs is 1. The van der Waals surface area contributed by atoms with Crippen molar-refractivity contribution < 1.29 is 28.6 Å².